The Morgan fingerprint density at radius 3 is 1.41 bits per heavy atom. The highest BCUT2D eigenvalue weighted by Crippen LogP contribution is 2.44. The lowest BCUT2D eigenvalue weighted by Gasteiger charge is -2.37. The van der Waals surface area contributed by atoms with Gasteiger partial charge in [-0.25, -0.2) is 36.6 Å². The zero-order valence-corrected chi connectivity index (χ0v) is 37.5. The first-order chi connectivity index (χ1) is 32.7. The molecule has 2 saturated heterocycles. The predicted octanol–water partition coefficient (Wildman–Crippen LogP) is 4.11. The van der Waals surface area contributed by atoms with Crippen molar-refractivity contribution in [2.45, 2.75) is 50.7 Å². The number of nitrogens with one attached hydrogen (secondary N) is 2. The monoisotopic (exact) mass is 944 g/mol. The Kier molecular flexibility index (Phi) is 13.1. The third kappa shape index (κ3) is 9.84. The van der Waals surface area contributed by atoms with Crippen molar-refractivity contribution in [3.63, 3.8) is 0 Å². The fourth-order valence-corrected chi connectivity index (χ4v) is 9.09. The molecule has 2 amide bonds. The number of amides is 2. The van der Waals surface area contributed by atoms with E-state index in [0.717, 1.165) is 22.5 Å². The fraction of sp³-hybridized carbons (Fsp3) is 0.435. The predicted molar refractivity (Wildman–Crippen MR) is 244 cm³/mol. The van der Waals surface area contributed by atoms with E-state index in [9.17, 15) is 37.4 Å². The average Bonchev–Trinajstić information content (AvgIpc) is 4.11. The summed E-state index contributed by atoms with van der Waals surface area (Å²) in [5.74, 6) is 0.597. The summed E-state index contributed by atoms with van der Waals surface area (Å²) in [5.41, 5.74) is 4.53. The van der Waals surface area contributed by atoms with Crippen molar-refractivity contribution < 1.29 is 46.8 Å². The van der Waals surface area contributed by atoms with Gasteiger partial charge in [0.15, 0.2) is 11.3 Å². The molecule has 0 saturated carbocycles. The van der Waals surface area contributed by atoms with E-state index in [1.807, 2.05) is 38.1 Å². The molecule has 0 aliphatic carbocycles. The SMILES string of the molecule is C[C@@]1(CO)Cc2cc(NC(=O)c3cnn4cccnc34)c(N3CCN(CC(F)F)CC3)cc2O1.C[C@]1(CO)Cc2cc(NC(=O)c3cnn4cccnc34)c(N3CCN(CC(F)F)CC3)cc2O1. The van der Waals surface area contributed by atoms with Gasteiger partial charge in [-0.3, -0.25) is 19.4 Å². The Bertz CT molecular complexity index is 2610. The van der Waals surface area contributed by atoms with Gasteiger partial charge in [-0.05, 0) is 38.1 Å². The number of piperazine rings is 2. The number of aliphatic hydroxyl groups is 2. The third-order valence-corrected chi connectivity index (χ3v) is 12.6. The molecule has 0 radical (unpaired) electrons. The number of aliphatic hydroxyl groups excluding tert-OH is 2. The number of ether oxygens (including phenoxy) is 2. The number of alkyl halides is 4. The number of fused-ring (bicyclic) bond motifs is 4. The van der Waals surface area contributed by atoms with Crippen LogP contribution in [0.5, 0.6) is 11.5 Å². The second-order valence-corrected chi connectivity index (χ2v) is 17.9. The minimum absolute atomic E-state index is 0.140. The van der Waals surface area contributed by atoms with Crippen LogP contribution in [-0.4, -0.2) is 164 Å². The van der Waals surface area contributed by atoms with Gasteiger partial charge in [0.05, 0.1) is 61.4 Å². The largest absolute Gasteiger partial charge is 0.484 e. The lowest BCUT2D eigenvalue weighted by atomic mass is 9.99. The van der Waals surface area contributed by atoms with Crippen LogP contribution < -0.4 is 29.9 Å². The topological polar surface area (TPSA) is 190 Å². The van der Waals surface area contributed by atoms with E-state index in [-0.39, 0.29) is 38.1 Å². The van der Waals surface area contributed by atoms with Crippen molar-refractivity contribution in [3.8, 4) is 11.5 Å². The van der Waals surface area contributed by atoms with Crippen LogP contribution in [0.15, 0.2) is 73.6 Å². The summed E-state index contributed by atoms with van der Waals surface area (Å²) in [4.78, 5) is 42.5. The number of carbonyl (C=O) groups is 2. The van der Waals surface area contributed by atoms with Crippen LogP contribution in [0.2, 0.25) is 0 Å². The first kappa shape index (κ1) is 46.5. The van der Waals surface area contributed by atoms with Crippen molar-refractivity contribution in [2.24, 2.45) is 0 Å². The highest BCUT2D eigenvalue weighted by Gasteiger charge is 2.38. The maximum atomic E-state index is 13.2. The number of aromatic nitrogens is 6. The highest BCUT2D eigenvalue weighted by molar-refractivity contribution is 6.10. The summed E-state index contributed by atoms with van der Waals surface area (Å²) in [5, 5.41) is 33.9. The number of anilines is 4. The van der Waals surface area contributed by atoms with Gasteiger partial charge in [-0.1, -0.05) is 0 Å². The summed E-state index contributed by atoms with van der Waals surface area (Å²) in [7, 11) is 0. The first-order valence-electron chi connectivity index (χ1n) is 22.3. The van der Waals surface area contributed by atoms with Gasteiger partial charge < -0.3 is 40.1 Å². The molecular formula is C46H52F4N12O6. The molecule has 2 fully saturated rings. The van der Waals surface area contributed by atoms with Crippen molar-refractivity contribution in [2.75, 3.05) is 99.1 Å². The average molecular weight is 945 g/mol. The molecule has 8 heterocycles. The molecule has 22 heteroatoms. The van der Waals surface area contributed by atoms with Gasteiger partial charge in [-0.15, -0.1) is 0 Å². The quantitative estimate of drug-likeness (QED) is 0.128. The minimum Gasteiger partial charge on any atom is -0.484 e. The van der Waals surface area contributed by atoms with Crippen LogP contribution in [-0.2, 0) is 12.8 Å². The van der Waals surface area contributed by atoms with Gasteiger partial charge in [0.2, 0.25) is 0 Å². The molecule has 360 valence electrons. The Hall–Kier alpha value is -6.62. The van der Waals surface area contributed by atoms with E-state index >= 15 is 0 Å². The van der Waals surface area contributed by atoms with Crippen molar-refractivity contribution in [1.29, 1.82) is 0 Å². The Labute approximate surface area is 388 Å². The molecule has 2 aromatic carbocycles. The van der Waals surface area contributed by atoms with Crippen LogP contribution in [0.25, 0.3) is 11.3 Å². The molecule has 18 nitrogen and oxygen atoms in total. The van der Waals surface area contributed by atoms with Crippen LogP contribution in [0.4, 0.5) is 40.3 Å². The molecule has 6 aromatic rings. The summed E-state index contributed by atoms with van der Waals surface area (Å²) < 4.78 is 66.3. The number of rotatable bonds is 12. The van der Waals surface area contributed by atoms with Gasteiger partial charge in [0.25, 0.3) is 24.7 Å². The zero-order chi connectivity index (χ0) is 47.7. The number of benzene rings is 2. The summed E-state index contributed by atoms with van der Waals surface area (Å²) in [6.45, 7) is 6.97. The summed E-state index contributed by atoms with van der Waals surface area (Å²) >= 11 is 0. The maximum absolute atomic E-state index is 13.2. The van der Waals surface area contributed by atoms with E-state index in [1.165, 1.54) is 21.4 Å². The third-order valence-electron chi connectivity index (χ3n) is 12.6. The highest BCUT2D eigenvalue weighted by atomic mass is 19.3. The van der Waals surface area contributed by atoms with E-state index in [2.05, 4.69) is 40.6 Å². The standard InChI is InChI=1S/2C23H26F2N6O3/c2*1-23(14-32)11-15-9-17(28-22(33)16-12-27-31-4-2-3-26-21(16)31)18(10-19(15)34-23)30-7-5-29(6-8-30)13-20(24)25/h2*2-4,9-10,12,20,32H,5-8,11,13-14H2,1H3,(H,28,33)/t2*23-/m10/s1. The smallest absolute Gasteiger partial charge is 0.261 e. The normalized spacial score (nSPS) is 20.6. The van der Waals surface area contributed by atoms with Crippen LogP contribution in [0.1, 0.15) is 45.7 Å². The van der Waals surface area contributed by atoms with E-state index in [0.29, 0.717) is 110 Å². The Morgan fingerprint density at radius 2 is 1.04 bits per heavy atom. The summed E-state index contributed by atoms with van der Waals surface area (Å²) in [6.07, 6.45) is 5.83. The molecule has 0 unspecified atom stereocenters. The molecule has 4 aliphatic rings. The molecule has 0 spiro atoms. The van der Waals surface area contributed by atoms with Gasteiger partial charge in [0.1, 0.15) is 33.8 Å². The van der Waals surface area contributed by atoms with Crippen molar-refractivity contribution in [1.82, 2.24) is 39.0 Å². The summed E-state index contributed by atoms with van der Waals surface area (Å²) in [6, 6.07) is 10.9. The lowest BCUT2D eigenvalue weighted by molar-refractivity contribution is 0.0446. The van der Waals surface area contributed by atoms with Crippen molar-refractivity contribution in [3.05, 3.63) is 95.8 Å². The number of halogens is 4. The van der Waals surface area contributed by atoms with E-state index in [4.69, 9.17) is 9.47 Å². The number of nitrogens with zero attached hydrogens (tertiary/aromatic N) is 10. The van der Waals surface area contributed by atoms with Crippen LogP contribution in [0, 0.1) is 0 Å². The van der Waals surface area contributed by atoms with Crippen LogP contribution >= 0.6 is 0 Å². The fourth-order valence-electron chi connectivity index (χ4n) is 9.09. The number of carbonyl (C=O) groups excluding carboxylic acids is 2. The molecule has 68 heavy (non-hydrogen) atoms. The Morgan fingerprint density at radius 1 is 0.647 bits per heavy atom. The number of hydrogen-bond donors (Lipinski definition) is 4. The van der Waals surface area contributed by atoms with Crippen molar-refractivity contribution >= 4 is 45.9 Å². The zero-order valence-electron chi connectivity index (χ0n) is 37.5. The van der Waals surface area contributed by atoms with Gasteiger partial charge in [0, 0.05) is 113 Å². The minimum atomic E-state index is -2.37. The van der Waals surface area contributed by atoms with Crippen LogP contribution in [0.3, 0.4) is 0 Å². The van der Waals surface area contributed by atoms with E-state index < -0.39 is 24.1 Å². The first-order valence-corrected chi connectivity index (χ1v) is 22.3. The molecule has 4 aromatic heterocycles. The molecule has 0 bridgehead atoms. The molecule has 4 N–H and O–H groups in total. The lowest BCUT2D eigenvalue weighted by Crippen LogP contribution is -2.48. The molecule has 10 rings (SSSR count). The molecule has 4 aliphatic heterocycles. The molecule has 2 atom stereocenters. The van der Waals surface area contributed by atoms with Gasteiger partial charge in [-0.2, -0.15) is 10.2 Å². The number of hydrogen-bond acceptors (Lipinski definition) is 14. The maximum Gasteiger partial charge on any atom is 0.261 e. The van der Waals surface area contributed by atoms with E-state index in [1.54, 1.807) is 46.7 Å². The second kappa shape index (κ2) is 19.2. The second-order valence-electron chi connectivity index (χ2n) is 17.9. The van der Waals surface area contributed by atoms with Gasteiger partial charge >= 0.3 is 0 Å². The Balaban J connectivity index is 0.000000170. The molecular weight excluding hydrogens is 893 g/mol.